The average Bonchev–Trinajstić information content (AvgIpc) is 2.86. The SMILES string of the molecule is CC1CN(Cc2ccc(C#N)c(NC(c3ccccc3)c3ccccc3)c2)C(=O)[C@H](C)N1C(=O)O. The van der Waals surface area contributed by atoms with E-state index in [2.05, 4.69) is 11.4 Å². The van der Waals surface area contributed by atoms with Crippen LogP contribution in [0.4, 0.5) is 10.5 Å². The molecule has 1 heterocycles. The Morgan fingerprint density at radius 1 is 1.06 bits per heavy atom. The standard InChI is InChI=1S/C28H28N4O3/c1-19-17-31(27(33)20(2)32(19)28(34)35)18-21-13-14-24(16-29)25(15-21)30-26(22-9-5-3-6-10-22)23-11-7-4-8-12-23/h3-15,19-20,26,30H,17-18H2,1-2H3,(H,34,35)/t19?,20-/m0/s1. The number of nitrogens with zero attached hydrogens (tertiary/aromatic N) is 3. The monoisotopic (exact) mass is 468 g/mol. The fourth-order valence-corrected chi connectivity index (χ4v) is 4.69. The van der Waals surface area contributed by atoms with Crippen LogP contribution in [0, 0.1) is 11.3 Å². The summed E-state index contributed by atoms with van der Waals surface area (Å²) >= 11 is 0. The number of hydrogen-bond acceptors (Lipinski definition) is 4. The van der Waals surface area contributed by atoms with E-state index < -0.39 is 12.1 Å². The molecular formula is C28H28N4O3. The number of nitriles is 1. The molecule has 0 aliphatic carbocycles. The molecule has 0 radical (unpaired) electrons. The molecule has 0 saturated carbocycles. The molecule has 0 aromatic heterocycles. The normalized spacial score (nSPS) is 17.8. The van der Waals surface area contributed by atoms with Crippen molar-refractivity contribution in [2.75, 3.05) is 11.9 Å². The molecule has 1 unspecified atom stereocenters. The van der Waals surface area contributed by atoms with Gasteiger partial charge in [-0.2, -0.15) is 5.26 Å². The zero-order valence-electron chi connectivity index (χ0n) is 19.8. The maximum atomic E-state index is 12.9. The van der Waals surface area contributed by atoms with Crippen LogP contribution < -0.4 is 5.32 Å². The molecule has 2 N–H and O–H groups in total. The van der Waals surface area contributed by atoms with Crippen molar-refractivity contribution < 1.29 is 14.7 Å². The molecule has 178 valence electrons. The Morgan fingerprint density at radius 3 is 2.20 bits per heavy atom. The number of benzene rings is 3. The fourth-order valence-electron chi connectivity index (χ4n) is 4.69. The second-order valence-corrected chi connectivity index (χ2v) is 8.82. The Labute approximate surface area is 205 Å². The molecule has 2 amide bonds. The number of hydrogen-bond donors (Lipinski definition) is 2. The smallest absolute Gasteiger partial charge is 0.408 e. The van der Waals surface area contributed by atoms with E-state index in [0.717, 1.165) is 16.7 Å². The Morgan fingerprint density at radius 2 is 1.66 bits per heavy atom. The van der Waals surface area contributed by atoms with Gasteiger partial charge in [-0.3, -0.25) is 9.69 Å². The molecule has 3 aromatic rings. The van der Waals surface area contributed by atoms with Crippen molar-refractivity contribution in [2.24, 2.45) is 0 Å². The van der Waals surface area contributed by atoms with Gasteiger partial charge in [0.1, 0.15) is 12.1 Å². The van der Waals surface area contributed by atoms with Gasteiger partial charge in [0, 0.05) is 13.1 Å². The van der Waals surface area contributed by atoms with E-state index in [1.54, 1.807) is 24.8 Å². The van der Waals surface area contributed by atoms with Crippen LogP contribution in [-0.4, -0.2) is 45.5 Å². The van der Waals surface area contributed by atoms with Crippen LogP contribution in [0.3, 0.4) is 0 Å². The Hall–Kier alpha value is -4.31. The van der Waals surface area contributed by atoms with Crippen molar-refractivity contribution in [1.29, 1.82) is 5.26 Å². The summed E-state index contributed by atoms with van der Waals surface area (Å²) in [5.74, 6) is -0.226. The quantitative estimate of drug-likeness (QED) is 0.539. The average molecular weight is 469 g/mol. The zero-order valence-corrected chi connectivity index (χ0v) is 19.8. The third-order valence-electron chi connectivity index (χ3n) is 6.41. The topological polar surface area (TPSA) is 96.7 Å². The number of amides is 2. The van der Waals surface area contributed by atoms with Crippen LogP contribution in [0.15, 0.2) is 78.9 Å². The first-order valence-electron chi connectivity index (χ1n) is 11.6. The largest absolute Gasteiger partial charge is 0.465 e. The molecule has 4 rings (SSSR count). The minimum atomic E-state index is -1.09. The third kappa shape index (κ3) is 5.12. The van der Waals surface area contributed by atoms with Crippen LogP contribution in [0.2, 0.25) is 0 Å². The van der Waals surface area contributed by atoms with Gasteiger partial charge in [-0.25, -0.2) is 4.79 Å². The lowest BCUT2D eigenvalue weighted by molar-refractivity contribution is -0.143. The van der Waals surface area contributed by atoms with E-state index in [0.29, 0.717) is 24.3 Å². The number of anilines is 1. The van der Waals surface area contributed by atoms with E-state index in [9.17, 15) is 20.0 Å². The molecule has 1 fully saturated rings. The fraction of sp³-hybridized carbons (Fsp3) is 0.250. The van der Waals surface area contributed by atoms with Gasteiger partial charge in [0.05, 0.1) is 23.3 Å². The van der Waals surface area contributed by atoms with E-state index in [4.69, 9.17) is 0 Å². The van der Waals surface area contributed by atoms with Gasteiger partial charge in [-0.1, -0.05) is 66.7 Å². The first-order valence-corrected chi connectivity index (χ1v) is 11.6. The lowest BCUT2D eigenvalue weighted by atomic mass is 9.97. The molecule has 2 atom stereocenters. The number of nitrogens with one attached hydrogen (secondary N) is 1. The molecule has 3 aromatic carbocycles. The Bertz CT molecular complexity index is 1200. The van der Waals surface area contributed by atoms with Crippen molar-refractivity contribution >= 4 is 17.7 Å². The van der Waals surface area contributed by atoms with Crippen LogP contribution in [0.1, 0.15) is 42.1 Å². The van der Waals surface area contributed by atoms with Gasteiger partial charge in [-0.15, -0.1) is 0 Å². The minimum absolute atomic E-state index is 0.166. The van der Waals surface area contributed by atoms with E-state index in [1.165, 1.54) is 4.90 Å². The highest BCUT2D eigenvalue weighted by atomic mass is 16.4. The predicted molar refractivity (Wildman–Crippen MR) is 134 cm³/mol. The second-order valence-electron chi connectivity index (χ2n) is 8.82. The maximum Gasteiger partial charge on any atom is 0.408 e. The lowest BCUT2D eigenvalue weighted by Gasteiger charge is -2.42. The van der Waals surface area contributed by atoms with Gasteiger partial charge in [0.15, 0.2) is 0 Å². The molecule has 0 bridgehead atoms. The lowest BCUT2D eigenvalue weighted by Crippen LogP contribution is -2.61. The summed E-state index contributed by atoms with van der Waals surface area (Å²) in [5, 5.41) is 22.8. The highest BCUT2D eigenvalue weighted by molar-refractivity contribution is 5.86. The number of piperazine rings is 1. The maximum absolute atomic E-state index is 12.9. The van der Waals surface area contributed by atoms with E-state index >= 15 is 0 Å². The highest BCUT2D eigenvalue weighted by Gasteiger charge is 2.38. The van der Waals surface area contributed by atoms with Crippen LogP contribution in [-0.2, 0) is 11.3 Å². The van der Waals surface area contributed by atoms with Gasteiger partial charge in [-0.05, 0) is 42.7 Å². The van der Waals surface area contributed by atoms with Gasteiger partial charge in [0.2, 0.25) is 5.91 Å². The first kappa shape index (κ1) is 23.8. The molecular weight excluding hydrogens is 440 g/mol. The van der Waals surface area contributed by atoms with Crippen molar-refractivity contribution in [3.63, 3.8) is 0 Å². The van der Waals surface area contributed by atoms with E-state index in [-0.39, 0.29) is 18.0 Å². The summed E-state index contributed by atoms with van der Waals surface area (Å²) in [6.45, 7) is 4.08. The number of carboxylic acid groups (broad SMARTS) is 1. The first-order chi connectivity index (χ1) is 16.9. The summed E-state index contributed by atoms with van der Waals surface area (Å²) in [7, 11) is 0. The summed E-state index contributed by atoms with van der Waals surface area (Å²) in [6.07, 6.45) is -1.09. The van der Waals surface area contributed by atoms with Crippen LogP contribution in [0.25, 0.3) is 0 Å². The number of carbonyl (C=O) groups excluding carboxylic acids is 1. The van der Waals surface area contributed by atoms with Gasteiger partial charge >= 0.3 is 6.09 Å². The summed E-state index contributed by atoms with van der Waals surface area (Å²) in [6, 6.07) is 26.6. The third-order valence-corrected chi connectivity index (χ3v) is 6.41. The number of rotatable bonds is 6. The zero-order chi connectivity index (χ0) is 24.9. The van der Waals surface area contributed by atoms with Crippen molar-refractivity contribution in [3.8, 4) is 6.07 Å². The second kappa shape index (κ2) is 10.3. The molecule has 0 spiro atoms. The summed E-state index contributed by atoms with van der Waals surface area (Å²) in [5.41, 5.74) is 4.18. The predicted octanol–water partition coefficient (Wildman–Crippen LogP) is 4.86. The molecule has 1 aliphatic rings. The van der Waals surface area contributed by atoms with Gasteiger partial charge in [0.25, 0.3) is 0 Å². The summed E-state index contributed by atoms with van der Waals surface area (Å²) < 4.78 is 0. The Kier molecular flexibility index (Phi) is 7.02. The minimum Gasteiger partial charge on any atom is -0.465 e. The van der Waals surface area contributed by atoms with E-state index in [1.807, 2.05) is 72.8 Å². The summed E-state index contributed by atoms with van der Waals surface area (Å²) in [4.78, 5) is 27.3. The molecule has 7 nitrogen and oxygen atoms in total. The molecule has 1 saturated heterocycles. The van der Waals surface area contributed by atoms with Crippen LogP contribution in [0.5, 0.6) is 0 Å². The number of carbonyl (C=O) groups is 2. The highest BCUT2D eigenvalue weighted by Crippen LogP contribution is 2.29. The van der Waals surface area contributed by atoms with Crippen molar-refractivity contribution in [1.82, 2.24) is 9.80 Å². The van der Waals surface area contributed by atoms with Crippen molar-refractivity contribution in [3.05, 3.63) is 101 Å². The molecule has 7 heteroatoms. The van der Waals surface area contributed by atoms with Crippen LogP contribution >= 0.6 is 0 Å². The van der Waals surface area contributed by atoms with Crippen molar-refractivity contribution in [2.45, 2.75) is 38.5 Å². The van der Waals surface area contributed by atoms with Gasteiger partial charge < -0.3 is 15.3 Å². The molecule has 35 heavy (non-hydrogen) atoms. The molecule has 1 aliphatic heterocycles. The Balaban J connectivity index is 1.62.